The second-order valence-electron chi connectivity index (χ2n) is 6.96. The third-order valence-corrected chi connectivity index (χ3v) is 4.41. The fraction of sp³-hybridized carbons (Fsp3) is 0.857. The minimum atomic E-state index is -1.64. The van der Waals surface area contributed by atoms with Gasteiger partial charge in [-0.3, -0.25) is 4.79 Å². The Kier molecular flexibility index (Phi) is 18.2. The third kappa shape index (κ3) is 16.6. The standard InChI is InChI=1S/C21H40O5/c1-2-3-4-5-6-7-8-9-10-11-12-13-14-15-16-17-20(24)26-21(25)19(23)18-22/h7-8,19,21-23,25H,2-6,9-18H2,1H3/b8-7-. The Morgan fingerprint density at radius 3 is 1.88 bits per heavy atom. The van der Waals surface area contributed by atoms with Crippen LogP contribution in [0.4, 0.5) is 0 Å². The van der Waals surface area contributed by atoms with Crippen LogP contribution in [0.25, 0.3) is 0 Å². The lowest BCUT2D eigenvalue weighted by atomic mass is 10.1. The number of hydrogen-bond acceptors (Lipinski definition) is 5. The predicted octanol–water partition coefficient (Wildman–Crippen LogP) is 4.24. The third-order valence-electron chi connectivity index (χ3n) is 4.41. The molecule has 0 saturated heterocycles. The Balaban J connectivity index is 3.31. The van der Waals surface area contributed by atoms with Gasteiger partial charge in [-0.05, 0) is 32.1 Å². The van der Waals surface area contributed by atoms with Crippen LogP contribution in [0.2, 0.25) is 0 Å². The highest BCUT2D eigenvalue weighted by Gasteiger charge is 2.19. The summed E-state index contributed by atoms with van der Waals surface area (Å²) in [7, 11) is 0. The number of allylic oxidation sites excluding steroid dienone is 2. The molecule has 3 N–H and O–H groups in total. The molecule has 2 unspecified atom stereocenters. The largest absolute Gasteiger partial charge is 0.433 e. The molecule has 0 aromatic heterocycles. The van der Waals surface area contributed by atoms with E-state index in [1.165, 1.54) is 64.2 Å². The molecular formula is C21H40O5. The maximum Gasteiger partial charge on any atom is 0.308 e. The molecule has 0 aliphatic heterocycles. The van der Waals surface area contributed by atoms with Crippen molar-refractivity contribution >= 4 is 5.97 Å². The minimum Gasteiger partial charge on any atom is -0.433 e. The Bertz CT molecular complexity index is 343. The van der Waals surface area contributed by atoms with Crippen molar-refractivity contribution in [1.82, 2.24) is 0 Å². The van der Waals surface area contributed by atoms with E-state index in [-0.39, 0.29) is 6.42 Å². The second-order valence-corrected chi connectivity index (χ2v) is 6.96. The molecule has 0 aromatic carbocycles. The molecule has 0 heterocycles. The Morgan fingerprint density at radius 2 is 1.35 bits per heavy atom. The molecule has 0 fully saturated rings. The molecule has 0 spiro atoms. The number of esters is 1. The summed E-state index contributed by atoms with van der Waals surface area (Å²) in [4.78, 5) is 11.4. The summed E-state index contributed by atoms with van der Waals surface area (Å²) in [6, 6.07) is 0. The molecule has 0 amide bonds. The highest BCUT2D eigenvalue weighted by molar-refractivity contribution is 5.69. The molecule has 0 aliphatic rings. The monoisotopic (exact) mass is 372 g/mol. The zero-order valence-corrected chi connectivity index (χ0v) is 16.6. The van der Waals surface area contributed by atoms with Gasteiger partial charge < -0.3 is 20.1 Å². The molecule has 154 valence electrons. The van der Waals surface area contributed by atoms with Crippen LogP contribution in [-0.4, -0.2) is 40.3 Å². The quantitative estimate of drug-likeness (QED) is 0.145. The molecule has 0 aliphatic carbocycles. The number of aliphatic hydroxyl groups is 3. The van der Waals surface area contributed by atoms with Crippen molar-refractivity contribution in [1.29, 1.82) is 0 Å². The Labute approximate surface area is 159 Å². The number of ether oxygens (including phenoxy) is 1. The number of carbonyl (C=O) groups is 1. The molecule has 0 aromatic rings. The molecule has 0 rings (SSSR count). The summed E-state index contributed by atoms with van der Waals surface area (Å²) in [5, 5.41) is 27.0. The van der Waals surface area contributed by atoms with Gasteiger partial charge in [0.15, 0.2) is 0 Å². The van der Waals surface area contributed by atoms with Gasteiger partial charge in [0.05, 0.1) is 6.61 Å². The van der Waals surface area contributed by atoms with Crippen LogP contribution in [0.5, 0.6) is 0 Å². The number of unbranched alkanes of at least 4 members (excludes halogenated alkanes) is 11. The summed E-state index contributed by atoms with van der Waals surface area (Å²) in [6.07, 6.45) is 17.2. The summed E-state index contributed by atoms with van der Waals surface area (Å²) in [6.45, 7) is 1.60. The van der Waals surface area contributed by atoms with Crippen LogP contribution in [-0.2, 0) is 9.53 Å². The van der Waals surface area contributed by atoms with Crippen molar-refractivity contribution in [3.8, 4) is 0 Å². The van der Waals surface area contributed by atoms with Crippen LogP contribution in [0.15, 0.2) is 12.2 Å². The number of aliphatic hydroxyl groups excluding tert-OH is 3. The Morgan fingerprint density at radius 1 is 0.846 bits per heavy atom. The molecule has 0 radical (unpaired) electrons. The van der Waals surface area contributed by atoms with E-state index in [4.69, 9.17) is 10.2 Å². The smallest absolute Gasteiger partial charge is 0.308 e. The Hall–Kier alpha value is -0.910. The van der Waals surface area contributed by atoms with Crippen LogP contribution in [0.3, 0.4) is 0 Å². The molecule has 26 heavy (non-hydrogen) atoms. The van der Waals surface area contributed by atoms with E-state index >= 15 is 0 Å². The van der Waals surface area contributed by atoms with E-state index in [1.807, 2.05) is 0 Å². The highest BCUT2D eigenvalue weighted by Crippen LogP contribution is 2.11. The van der Waals surface area contributed by atoms with Gasteiger partial charge in [-0.25, -0.2) is 0 Å². The zero-order valence-electron chi connectivity index (χ0n) is 16.6. The first-order chi connectivity index (χ1) is 12.6. The fourth-order valence-corrected chi connectivity index (χ4v) is 2.70. The maximum atomic E-state index is 11.4. The van der Waals surface area contributed by atoms with E-state index in [2.05, 4.69) is 23.8 Å². The van der Waals surface area contributed by atoms with E-state index in [0.29, 0.717) is 0 Å². The fourth-order valence-electron chi connectivity index (χ4n) is 2.70. The second kappa shape index (κ2) is 18.9. The lowest BCUT2D eigenvalue weighted by Gasteiger charge is -2.15. The zero-order chi connectivity index (χ0) is 19.5. The van der Waals surface area contributed by atoms with Crippen molar-refractivity contribution in [2.45, 2.75) is 109 Å². The maximum absolute atomic E-state index is 11.4. The van der Waals surface area contributed by atoms with Gasteiger partial charge in [-0.2, -0.15) is 0 Å². The molecule has 0 bridgehead atoms. The van der Waals surface area contributed by atoms with E-state index < -0.39 is 25.0 Å². The van der Waals surface area contributed by atoms with Gasteiger partial charge in [0, 0.05) is 6.42 Å². The first kappa shape index (κ1) is 25.1. The average molecular weight is 373 g/mol. The highest BCUT2D eigenvalue weighted by atomic mass is 16.6. The van der Waals surface area contributed by atoms with E-state index in [1.54, 1.807) is 0 Å². The van der Waals surface area contributed by atoms with Gasteiger partial charge in [-0.1, -0.05) is 70.4 Å². The first-order valence-electron chi connectivity index (χ1n) is 10.4. The SMILES string of the molecule is CCCCCC/C=C\CCCCCCCCCC(=O)OC(O)C(O)CO. The molecular weight excluding hydrogens is 332 g/mol. The van der Waals surface area contributed by atoms with Gasteiger partial charge in [-0.15, -0.1) is 0 Å². The van der Waals surface area contributed by atoms with E-state index in [9.17, 15) is 9.90 Å². The number of hydrogen-bond donors (Lipinski definition) is 3. The van der Waals surface area contributed by atoms with Crippen LogP contribution in [0, 0.1) is 0 Å². The lowest BCUT2D eigenvalue weighted by molar-refractivity contribution is -0.190. The number of carbonyl (C=O) groups excluding carboxylic acids is 1. The van der Waals surface area contributed by atoms with Gasteiger partial charge in [0.1, 0.15) is 6.10 Å². The first-order valence-corrected chi connectivity index (χ1v) is 10.4. The molecule has 5 heteroatoms. The van der Waals surface area contributed by atoms with Gasteiger partial charge in [0.25, 0.3) is 0 Å². The van der Waals surface area contributed by atoms with Crippen LogP contribution < -0.4 is 0 Å². The molecule has 5 nitrogen and oxygen atoms in total. The normalized spacial score (nSPS) is 13.8. The summed E-state index contributed by atoms with van der Waals surface area (Å²) in [5.74, 6) is -0.536. The van der Waals surface area contributed by atoms with Crippen molar-refractivity contribution in [3.05, 3.63) is 12.2 Å². The lowest BCUT2D eigenvalue weighted by Crippen LogP contribution is -2.33. The number of rotatable bonds is 18. The summed E-state index contributed by atoms with van der Waals surface area (Å²) < 4.78 is 4.62. The minimum absolute atomic E-state index is 0.234. The predicted molar refractivity (Wildman–Crippen MR) is 105 cm³/mol. The van der Waals surface area contributed by atoms with Crippen LogP contribution >= 0.6 is 0 Å². The summed E-state index contributed by atoms with van der Waals surface area (Å²) in [5.41, 5.74) is 0. The topological polar surface area (TPSA) is 87.0 Å². The molecule has 2 atom stereocenters. The van der Waals surface area contributed by atoms with Crippen molar-refractivity contribution < 1.29 is 24.9 Å². The van der Waals surface area contributed by atoms with E-state index in [0.717, 1.165) is 19.3 Å². The van der Waals surface area contributed by atoms with Crippen LogP contribution in [0.1, 0.15) is 96.8 Å². The van der Waals surface area contributed by atoms with Crippen molar-refractivity contribution in [3.63, 3.8) is 0 Å². The van der Waals surface area contributed by atoms with Crippen molar-refractivity contribution in [2.24, 2.45) is 0 Å². The van der Waals surface area contributed by atoms with Gasteiger partial charge >= 0.3 is 5.97 Å². The van der Waals surface area contributed by atoms with Crippen molar-refractivity contribution in [2.75, 3.05) is 6.61 Å². The summed E-state index contributed by atoms with van der Waals surface area (Å²) >= 11 is 0. The average Bonchev–Trinajstić information content (AvgIpc) is 2.64. The molecule has 0 saturated carbocycles. The van der Waals surface area contributed by atoms with Gasteiger partial charge in [0.2, 0.25) is 6.29 Å².